The number of anilines is 1. The van der Waals surface area contributed by atoms with E-state index in [0.717, 1.165) is 0 Å². The zero-order chi connectivity index (χ0) is 31.9. The number of benzene rings is 2. The summed E-state index contributed by atoms with van der Waals surface area (Å²) >= 11 is 1.40. The number of hydrogen-bond acceptors (Lipinski definition) is 9. The first-order valence-electron chi connectivity index (χ1n) is 14.6. The standard InChI is InChI=1S/C32H33FN6O5S/c1-4-44-30(42)25-24(35-27(28-34-12-15-45-28)36-26(25)22-6-5-7-23(33)19(22)2)16-37-13-14-39-31(43)38(18-32(39,3)17-37)21-10-8-20(9-11-21)29(40)41/h5-12,15,26H,4,13-14,16-18H2,1-3H3,(H,35,36)(H,40,41)/t26-,32-/m0/s1. The predicted octanol–water partition coefficient (Wildman–Crippen LogP) is 4.21. The van der Waals surface area contributed by atoms with Crippen molar-refractivity contribution in [3.63, 3.8) is 0 Å². The van der Waals surface area contributed by atoms with E-state index in [9.17, 15) is 23.9 Å². The highest BCUT2D eigenvalue weighted by Crippen LogP contribution is 2.37. The Kier molecular flexibility index (Phi) is 8.14. The van der Waals surface area contributed by atoms with Gasteiger partial charge in [0.05, 0.1) is 29.8 Å². The summed E-state index contributed by atoms with van der Waals surface area (Å²) in [4.78, 5) is 53.4. The molecule has 0 bridgehead atoms. The molecule has 3 aromatic rings. The van der Waals surface area contributed by atoms with Crippen LogP contribution >= 0.6 is 11.3 Å². The fraction of sp³-hybridized carbons (Fsp3) is 0.344. The molecule has 6 rings (SSSR count). The molecule has 4 heterocycles. The molecule has 1 aromatic heterocycles. The third kappa shape index (κ3) is 5.69. The monoisotopic (exact) mass is 632 g/mol. The number of rotatable bonds is 8. The average Bonchev–Trinajstić information content (AvgIpc) is 3.64. The molecule has 45 heavy (non-hydrogen) atoms. The second kappa shape index (κ2) is 12.1. The highest BCUT2D eigenvalue weighted by Gasteiger charge is 2.50. The van der Waals surface area contributed by atoms with E-state index in [-0.39, 0.29) is 24.0 Å². The number of carbonyl (C=O) groups excluding carboxylic acids is 2. The molecule has 0 unspecified atom stereocenters. The molecule has 2 aromatic carbocycles. The van der Waals surface area contributed by atoms with E-state index in [1.165, 1.54) is 29.5 Å². The van der Waals surface area contributed by atoms with Crippen LogP contribution in [0, 0.1) is 12.7 Å². The maximum Gasteiger partial charge on any atom is 0.338 e. The second-order valence-corrected chi connectivity index (χ2v) is 12.4. The largest absolute Gasteiger partial charge is 0.478 e. The number of piperazine rings is 1. The van der Waals surface area contributed by atoms with Crippen molar-refractivity contribution in [2.24, 2.45) is 4.99 Å². The summed E-state index contributed by atoms with van der Waals surface area (Å²) in [6.07, 6.45) is 1.68. The smallest absolute Gasteiger partial charge is 0.338 e. The van der Waals surface area contributed by atoms with Crippen LogP contribution in [0.4, 0.5) is 14.9 Å². The molecule has 2 amide bonds. The lowest BCUT2D eigenvalue weighted by molar-refractivity contribution is -0.139. The van der Waals surface area contributed by atoms with Crippen molar-refractivity contribution in [3.8, 4) is 0 Å². The van der Waals surface area contributed by atoms with Crippen LogP contribution in [0.3, 0.4) is 0 Å². The molecule has 2 fully saturated rings. The summed E-state index contributed by atoms with van der Waals surface area (Å²) in [5, 5.41) is 15.1. The topological polar surface area (TPSA) is 128 Å². The minimum Gasteiger partial charge on any atom is -0.478 e. The Morgan fingerprint density at radius 3 is 2.64 bits per heavy atom. The molecular weight excluding hydrogens is 599 g/mol. The van der Waals surface area contributed by atoms with Gasteiger partial charge in [-0.15, -0.1) is 11.3 Å². The van der Waals surface area contributed by atoms with Gasteiger partial charge in [0.2, 0.25) is 0 Å². The van der Waals surface area contributed by atoms with E-state index in [2.05, 4.69) is 15.2 Å². The fourth-order valence-electron chi connectivity index (χ4n) is 6.28. The quantitative estimate of drug-likeness (QED) is 0.354. The lowest BCUT2D eigenvalue weighted by Gasteiger charge is -2.44. The van der Waals surface area contributed by atoms with Crippen LogP contribution in [0.15, 0.2) is 70.3 Å². The van der Waals surface area contributed by atoms with E-state index >= 15 is 0 Å². The number of halogens is 1. The van der Waals surface area contributed by atoms with Crippen molar-refractivity contribution < 1.29 is 28.6 Å². The molecule has 234 valence electrons. The molecule has 13 heteroatoms. The van der Waals surface area contributed by atoms with Gasteiger partial charge >= 0.3 is 18.0 Å². The summed E-state index contributed by atoms with van der Waals surface area (Å²) in [7, 11) is 0. The molecule has 2 saturated heterocycles. The van der Waals surface area contributed by atoms with E-state index < -0.39 is 23.5 Å². The zero-order valence-electron chi connectivity index (χ0n) is 25.1. The third-order valence-corrected chi connectivity index (χ3v) is 9.26. The molecule has 2 atom stereocenters. The Balaban J connectivity index is 1.32. The van der Waals surface area contributed by atoms with Crippen LogP contribution in [0.25, 0.3) is 0 Å². The number of hydrogen-bond donors (Lipinski definition) is 2. The summed E-state index contributed by atoms with van der Waals surface area (Å²) in [6, 6.07) is 10.1. The number of aliphatic imine (C=N–C) groups is 1. The molecule has 0 spiro atoms. The van der Waals surface area contributed by atoms with Gasteiger partial charge in [-0.25, -0.2) is 23.8 Å². The Labute approximate surface area is 263 Å². The number of nitrogens with zero attached hydrogens (tertiary/aromatic N) is 5. The van der Waals surface area contributed by atoms with Crippen LogP contribution in [0.2, 0.25) is 0 Å². The van der Waals surface area contributed by atoms with Gasteiger partial charge in [0.15, 0.2) is 10.8 Å². The Morgan fingerprint density at radius 1 is 1.18 bits per heavy atom. The highest BCUT2D eigenvalue weighted by atomic mass is 32.1. The van der Waals surface area contributed by atoms with Crippen LogP contribution in [0.1, 0.15) is 46.4 Å². The minimum absolute atomic E-state index is 0.137. The maximum absolute atomic E-state index is 14.8. The summed E-state index contributed by atoms with van der Waals surface area (Å²) in [6.45, 7) is 7.84. The van der Waals surface area contributed by atoms with E-state index in [0.29, 0.717) is 71.7 Å². The van der Waals surface area contributed by atoms with Crippen molar-refractivity contribution in [2.75, 3.05) is 44.2 Å². The number of esters is 1. The summed E-state index contributed by atoms with van der Waals surface area (Å²) in [5.41, 5.74) is 2.09. The number of amidine groups is 1. The van der Waals surface area contributed by atoms with Gasteiger partial charge in [0.25, 0.3) is 0 Å². The Bertz CT molecular complexity index is 1710. The van der Waals surface area contributed by atoms with Crippen LogP contribution in [-0.2, 0) is 9.53 Å². The predicted molar refractivity (Wildman–Crippen MR) is 167 cm³/mol. The zero-order valence-corrected chi connectivity index (χ0v) is 25.9. The molecule has 3 aliphatic heterocycles. The van der Waals surface area contributed by atoms with Crippen molar-refractivity contribution >= 4 is 40.8 Å². The van der Waals surface area contributed by atoms with Gasteiger partial charge in [-0.3, -0.25) is 14.8 Å². The Morgan fingerprint density at radius 2 is 1.96 bits per heavy atom. The maximum atomic E-state index is 14.8. The molecule has 11 nitrogen and oxygen atoms in total. The number of carboxylic acids is 1. The molecule has 2 N–H and O–H groups in total. The molecule has 0 radical (unpaired) electrons. The number of thiazole rings is 1. The van der Waals surface area contributed by atoms with E-state index in [1.807, 2.05) is 17.2 Å². The number of carbonyl (C=O) groups is 3. The van der Waals surface area contributed by atoms with Crippen molar-refractivity contribution in [3.05, 3.63) is 92.8 Å². The van der Waals surface area contributed by atoms with Crippen LogP contribution in [0.5, 0.6) is 0 Å². The number of fused-ring (bicyclic) bond motifs is 1. The second-order valence-electron chi connectivity index (χ2n) is 11.5. The molecule has 0 aliphatic carbocycles. The molecular formula is C32H33FN6O5S. The number of carboxylic acid groups (broad SMARTS) is 1. The number of ether oxygens (including phenoxy) is 1. The van der Waals surface area contributed by atoms with Crippen LogP contribution in [-0.4, -0.2) is 88.6 Å². The third-order valence-electron chi connectivity index (χ3n) is 8.48. The first kappa shape index (κ1) is 30.4. The number of nitrogens with one attached hydrogen (secondary N) is 1. The van der Waals surface area contributed by atoms with Gasteiger partial charge in [0, 0.05) is 49.1 Å². The Hall–Kier alpha value is -4.62. The van der Waals surface area contributed by atoms with E-state index in [1.54, 1.807) is 49.2 Å². The van der Waals surface area contributed by atoms with Gasteiger partial charge in [-0.2, -0.15) is 0 Å². The number of aromatic nitrogens is 1. The van der Waals surface area contributed by atoms with Gasteiger partial charge in [-0.05, 0) is 62.2 Å². The van der Waals surface area contributed by atoms with Crippen LogP contribution < -0.4 is 10.2 Å². The van der Waals surface area contributed by atoms with Gasteiger partial charge < -0.3 is 20.1 Å². The fourth-order valence-corrected chi connectivity index (χ4v) is 6.87. The lowest BCUT2D eigenvalue weighted by atomic mass is 9.91. The average molecular weight is 633 g/mol. The first-order chi connectivity index (χ1) is 21.6. The number of aromatic carboxylic acids is 1. The normalized spacial score (nSPS) is 21.8. The van der Waals surface area contributed by atoms with Gasteiger partial charge in [0.1, 0.15) is 11.9 Å². The lowest BCUT2D eigenvalue weighted by Crippen LogP contribution is -2.60. The van der Waals surface area contributed by atoms with Crippen molar-refractivity contribution in [1.82, 2.24) is 20.1 Å². The highest BCUT2D eigenvalue weighted by molar-refractivity contribution is 7.11. The van der Waals surface area contributed by atoms with E-state index in [4.69, 9.17) is 9.73 Å². The van der Waals surface area contributed by atoms with Crippen molar-refractivity contribution in [2.45, 2.75) is 32.4 Å². The van der Waals surface area contributed by atoms with Crippen molar-refractivity contribution in [1.29, 1.82) is 0 Å². The number of urea groups is 1. The summed E-state index contributed by atoms with van der Waals surface area (Å²) in [5.74, 6) is -1.47. The minimum atomic E-state index is -1.03. The molecule has 3 aliphatic rings. The summed E-state index contributed by atoms with van der Waals surface area (Å²) < 4.78 is 20.3. The SMILES string of the molecule is CCOC(=O)C1=C(CN2CCN3C(=O)N(c4ccc(C(=O)O)cc4)C[C@]3(C)C2)NC(c2nccs2)=N[C@H]1c1cccc(F)c1C. The molecule has 0 saturated carbocycles. The van der Waals surface area contributed by atoms with Gasteiger partial charge in [-0.1, -0.05) is 12.1 Å². The number of amides is 2. The first-order valence-corrected chi connectivity index (χ1v) is 15.5.